The van der Waals surface area contributed by atoms with Gasteiger partial charge in [-0.15, -0.1) is 0 Å². The lowest BCUT2D eigenvalue weighted by Crippen LogP contribution is -2.54. The third-order valence-electron chi connectivity index (χ3n) is 5.00. The number of anilines is 1. The molecule has 2 aromatic carbocycles. The Labute approximate surface area is 170 Å². The SMILES string of the molecule is COc1ccc(CN(C)C(=O)[C@H](C)N2C(=O)[C@@H](C)Oc3ccccc32)cc1OC. The van der Waals surface area contributed by atoms with Crippen LogP contribution < -0.4 is 19.1 Å². The van der Waals surface area contributed by atoms with Crippen molar-refractivity contribution in [2.45, 2.75) is 32.5 Å². The highest BCUT2D eigenvalue weighted by atomic mass is 16.5. The van der Waals surface area contributed by atoms with Crippen molar-refractivity contribution in [1.82, 2.24) is 4.90 Å². The van der Waals surface area contributed by atoms with Crippen molar-refractivity contribution in [3.8, 4) is 17.2 Å². The fraction of sp³-hybridized carbons (Fsp3) is 0.364. The molecule has 2 amide bonds. The summed E-state index contributed by atoms with van der Waals surface area (Å²) in [5, 5.41) is 0. The summed E-state index contributed by atoms with van der Waals surface area (Å²) in [5.74, 6) is 1.43. The highest BCUT2D eigenvalue weighted by Crippen LogP contribution is 2.35. The molecule has 0 spiro atoms. The normalized spacial score (nSPS) is 16.5. The maximum atomic E-state index is 13.1. The molecule has 1 heterocycles. The number of rotatable bonds is 6. The number of carbonyl (C=O) groups is 2. The molecule has 0 radical (unpaired) electrons. The van der Waals surface area contributed by atoms with Crippen molar-refractivity contribution in [2.24, 2.45) is 0 Å². The van der Waals surface area contributed by atoms with Gasteiger partial charge in [-0.3, -0.25) is 14.5 Å². The summed E-state index contributed by atoms with van der Waals surface area (Å²) >= 11 is 0. The first-order chi connectivity index (χ1) is 13.9. The van der Waals surface area contributed by atoms with Crippen molar-refractivity contribution in [3.63, 3.8) is 0 Å². The predicted octanol–water partition coefficient (Wildman–Crippen LogP) is 2.86. The monoisotopic (exact) mass is 398 g/mol. The molecule has 0 fully saturated rings. The molecule has 2 atom stereocenters. The summed E-state index contributed by atoms with van der Waals surface area (Å²) in [5.41, 5.74) is 1.50. The van der Waals surface area contributed by atoms with Crippen LogP contribution in [0.1, 0.15) is 19.4 Å². The van der Waals surface area contributed by atoms with E-state index in [0.717, 1.165) is 5.56 Å². The van der Waals surface area contributed by atoms with Gasteiger partial charge in [0.2, 0.25) is 5.91 Å². The van der Waals surface area contributed by atoms with Gasteiger partial charge in [0.15, 0.2) is 17.6 Å². The largest absolute Gasteiger partial charge is 0.493 e. The van der Waals surface area contributed by atoms with Gasteiger partial charge in [0.05, 0.1) is 19.9 Å². The number of nitrogens with zero attached hydrogens (tertiary/aromatic N) is 2. The zero-order chi connectivity index (χ0) is 21.1. The Kier molecular flexibility index (Phi) is 5.96. The van der Waals surface area contributed by atoms with E-state index in [0.29, 0.717) is 29.5 Å². The Bertz CT molecular complexity index is 914. The van der Waals surface area contributed by atoms with E-state index in [-0.39, 0.29) is 11.8 Å². The smallest absolute Gasteiger partial charge is 0.268 e. The molecule has 2 aromatic rings. The molecule has 7 heteroatoms. The minimum absolute atomic E-state index is 0.169. The number of para-hydroxylation sites is 2. The fourth-order valence-electron chi connectivity index (χ4n) is 3.47. The van der Waals surface area contributed by atoms with Crippen LogP contribution >= 0.6 is 0 Å². The molecule has 1 aliphatic heterocycles. The average molecular weight is 398 g/mol. The topological polar surface area (TPSA) is 68.3 Å². The Hall–Kier alpha value is -3.22. The lowest BCUT2D eigenvalue weighted by Gasteiger charge is -2.37. The zero-order valence-electron chi connectivity index (χ0n) is 17.3. The van der Waals surface area contributed by atoms with Crippen molar-refractivity contribution in [2.75, 3.05) is 26.2 Å². The molecular weight excluding hydrogens is 372 g/mol. The van der Waals surface area contributed by atoms with E-state index in [1.807, 2.05) is 24.3 Å². The zero-order valence-corrected chi connectivity index (χ0v) is 17.3. The van der Waals surface area contributed by atoms with Gasteiger partial charge in [-0.25, -0.2) is 0 Å². The number of ether oxygens (including phenoxy) is 3. The summed E-state index contributed by atoms with van der Waals surface area (Å²) in [6, 6.07) is 12.1. The van der Waals surface area contributed by atoms with Crippen LogP contribution in [0.4, 0.5) is 5.69 Å². The number of amides is 2. The van der Waals surface area contributed by atoms with Gasteiger partial charge in [0, 0.05) is 13.6 Å². The van der Waals surface area contributed by atoms with Crippen LogP contribution in [0.3, 0.4) is 0 Å². The van der Waals surface area contributed by atoms with Crippen LogP contribution in [0, 0.1) is 0 Å². The van der Waals surface area contributed by atoms with Crippen LogP contribution in [0.25, 0.3) is 0 Å². The Morgan fingerprint density at radius 2 is 1.86 bits per heavy atom. The van der Waals surface area contributed by atoms with Gasteiger partial charge in [-0.1, -0.05) is 18.2 Å². The van der Waals surface area contributed by atoms with Crippen molar-refractivity contribution >= 4 is 17.5 Å². The van der Waals surface area contributed by atoms with Crippen molar-refractivity contribution in [3.05, 3.63) is 48.0 Å². The van der Waals surface area contributed by atoms with Crippen LogP contribution in [0.15, 0.2) is 42.5 Å². The lowest BCUT2D eigenvalue weighted by atomic mass is 10.1. The number of fused-ring (bicyclic) bond motifs is 1. The van der Waals surface area contributed by atoms with Gasteiger partial charge in [-0.05, 0) is 43.7 Å². The fourth-order valence-corrected chi connectivity index (χ4v) is 3.47. The molecule has 0 N–H and O–H groups in total. The Morgan fingerprint density at radius 1 is 1.17 bits per heavy atom. The number of benzene rings is 2. The first-order valence-corrected chi connectivity index (χ1v) is 9.42. The van der Waals surface area contributed by atoms with Crippen molar-refractivity contribution in [1.29, 1.82) is 0 Å². The lowest BCUT2D eigenvalue weighted by molar-refractivity contribution is -0.135. The summed E-state index contributed by atoms with van der Waals surface area (Å²) in [6.07, 6.45) is -0.642. The second-order valence-corrected chi connectivity index (χ2v) is 7.00. The molecule has 0 saturated heterocycles. The quantitative estimate of drug-likeness (QED) is 0.749. The third kappa shape index (κ3) is 3.99. The van der Waals surface area contributed by atoms with E-state index in [1.165, 1.54) is 4.90 Å². The molecule has 0 aliphatic carbocycles. The van der Waals surface area contributed by atoms with Crippen molar-refractivity contribution < 1.29 is 23.8 Å². The minimum Gasteiger partial charge on any atom is -0.493 e. The second-order valence-electron chi connectivity index (χ2n) is 7.00. The molecule has 29 heavy (non-hydrogen) atoms. The summed E-state index contributed by atoms with van der Waals surface area (Å²) in [7, 11) is 4.87. The second kappa shape index (κ2) is 8.43. The first-order valence-electron chi connectivity index (χ1n) is 9.42. The van der Waals surface area contributed by atoms with Gasteiger partial charge >= 0.3 is 0 Å². The number of methoxy groups -OCH3 is 2. The molecule has 0 saturated carbocycles. The number of hydrogen-bond donors (Lipinski definition) is 0. The van der Waals surface area contributed by atoms with Crippen LogP contribution in [-0.4, -0.2) is 50.1 Å². The molecule has 154 valence electrons. The molecule has 0 aromatic heterocycles. The number of hydrogen-bond acceptors (Lipinski definition) is 5. The van der Waals surface area contributed by atoms with Crippen LogP contribution in [-0.2, 0) is 16.1 Å². The van der Waals surface area contributed by atoms with E-state index < -0.39 is 12.1 Å². The molecule has 7 nitrogen and oxygen atoms in total. The van der Waals surface area contributed by atoms with Gasteiger partial charge in [0.1, 0.15) is 11.8 Å². The molecule has 1 aliphatic rings. The Morgan fingerprint density at radius 3 is 2.55 bits per heavy atom. The Balaban J connectivity index is 1.80. The maximum absolute atomic E-state index is 13.1. The number of carbonyl (C=O) groups excluding carboxylic acids is 2. The highest BCUT2D eigenvalue weighted by Gasteiger charge is 2.37. The molecule has 3 rings (SSSR count). The third-order valence-corrected chi connectivity index (χ3v) is 5.00. The van der Waals surface area contributed by atoms with E-state index >= 15 is 0 Å². The maximum Gasteiger partial charge on any atom is 0.268 e. The predicted molar refractivity (Wildman–Crippen MR) is 110 cm³/mol. The van der Waals surface area contributed by atoms with Gasteiger partial charge in [-0.2, -0.15) is 0 Å². The molecular formula is C22H26N2O5. The van der Waals surface area contributed by atoms with E-state index in [2.05, 4.69) is 0 Å². The van der Waals surface area contributed by atoms with Crippen LogP contribution in [0.2, 0.25) is 0 Å². The summed E-state index contributed by atoms with van der Waals surface area (Å²) < 4.78 is 16.3. The minimum atomic E-state index is -0.667. The van der Waals surface area contributed by atoms with Gasteiger partial charge < -0.3 is 19.1 Å². The summed E-state index contributed by atoms with van der Waals surface area (Å²) in [4.78, 5) is 29.0. The highest BCUT2D eigenvalue weighted by molar-refractivity contribution is 6.05. The average Bonchev–Trinajstić information content (AvgIpc) is 2.73. The van der Waals surface area contributed by atoms with E-state index in [4.69, 9.17) is 14.2 Å². The summed E-state index contributed by atoms with van der Waals surface area (Å²) in [6.45, 7) is 3.80. The van der Waals surface area contributed by atoms with Gasteiger partial charge in [0.25, 0.3) is 5.91 Å². The molecule has 0 bridgehead atoms. The van der Waals surface area contributed by atoms with E-state index in [9.17, 15) is 9.59 Å². The number of likely N-dealkylation sites (N-methyl/N-ethyl adjacent to an activating group) is 1. The standard InChI is InChI=1S/C22H26N2O5/c1-14(24-17-8-6-7-9-18(17)29-15(2)22(24)26)21(25)23(3)13-16-10-11-19(27-4)20(12-16)28-5/h6-12,14-15H,13H2,1-5H3/t14-,15+/m0/s1. The van der Waals surface area contributed by atoms with E-state index in [1.54, 1.807) is 58.2 Å². The van der Waals surface area contributed by atoms with Crippen LogP contribution in [0.5, 0.6) is 17.2 Å². The first kappa shape index (κ1) is 20.5. The molecule has 0 unspecified atom stereocenters.